The van der Waals surface area contributed by atoms with Crippen molar-refractivity contribution < 1.29 is 18.7 Å². The second-order valence-corrected chi connectivity index (χ2v) is 9.11. The van der Waals surface area contributed by atoms with Crippen LogP contribution in [0.4, 0.5) is 4.79 Å². The molecule has 9 heteroatoms. The molecule has 1 aromatic rings. The summed E-state index contributed by atoms with van der Waals surface area (Å²) in [6, 6.07) is 4.04. The number of carbonyl (C=O) groups is 1. The number of nitrogens with one attached hydrogen (secondary N) is 2. The molecule has 1 amide bonds. The Morgan fingerprint density at radius 2 is 2.13 bits per heavy atom. The van der Waals surface area contributed by atoms with E-state index in [1.807, 2.05) is 32.9 Å². The highest BCUT2D eigenvalue weighted by molar-refractivity contribution is 14.0. The van der Waals surface area contributed by atoms with Gasteiger partial charge in [-0.1, -0.05) is 0 Å². The molecule has 1 saturated heterocycles. The number of hydrogen-bond donors (Lipinski definition) is 2. The van der Waals surface area contributed by atoms with E-state index in [9.17, 15) is 4.79 Å². The van der Waals surface area contributed by atoms with Crippen LogP contribution in [0.5, 0.6) is 0 Å². The molecule has 2 heterocycles. The fourth-order valence-corrected chi connectivity index (χ4v) is 4.34. The number of ether oxygens (including phenoxy) is 2. The first kappa shape index (κ1) is 25.8. The smallest absolute Gasteiger partial charge is 0.407 e. The van der Waals surface area contributed by atoms with Crippen LogP contribution in [0.15, 0.2) is 27.8 Å². The molecule has 2 aliphatic rings. The Kier molecular flexibility index (Phi) is 9.92. The number of guanidine groups is 1. The van der Waals surface area contributed by atoms with Crippen LogP contribution in [-0.2, 0) is 15.9 Å². The van der Waals surface area contributed by atoms with E-state index in [1.165, 1.54) is 0 Å². The first-order valence-electron chi connectivity index (χ1n) is 10.9. The molecular weight excluding hydrogens is 511 g/mol. The second-order valence-electron chi connectivity index (χ2n) is 9.11. The van der Waals surface area contributed by atoms with Crippen molar-refractivity contribution in [3.05, 3.63) is 24.2 Å². The van der Waals surface area contributed by atoms with Gasteiger partial charge in [0.15, 0.2) is 5.96 Å². The molecule has 1 aliphatic heterocycles. The van der Waals surface area contributed by atoms with Crippen molar-refractivity contribution in [2.75, 3.05) is 39.9 Å². The molecule has 3 rings (SSSR count). The molecule has 3 atom stereocenters. The predicted molar refractivity (Wildman–Crippen MR) is 131 cm³/mol. The van der Waals surface area contributed by atoms with Crippen LogP contribution in [0.25, 0.3) is 0 Å². The van der Waals surface area contributed by atoms with Gasteiger partial charge in [0.1, 0.15) is 11.4 Å². The third-order valence-corrected chi connectivity index (χ3v) is 5.65. The molecule has 2 N–H and O–H groups in total. The monoisotopic (exact) mass is 548 g/mol. The minimum Gasteiger partial charge on any atom is -0.469 e. The number of carbonyl (C=O) groups excluding carboxylic acids is 1. The number of likely N-dealkylation sites (tertiary alicyclic amines) is 1. The van der Waals surface area contributed by atoms with Gasteiger partial charge in [0.2, 0.25) is 0 Å². The minimum absolute atomic E-state index is 0. The molecule has 0 bridgehead atoms. The van der Waals surface area contributed by atoms with Crippen LogP contribution in [0.3, 0.4) is 0 Å². The van der Waals surface area contributed by atoms with Crippen LogP contribution in [0, 0.1) is 11.8 Å². The number of furan rings is 1. The van der Waals surface area contributed by atoms with Gasteiger partial charge in [-0.3, -0.25) is 4.99 Å². The van der Waals surface area contributed by atoms with Crippen LogP contribution in [0.2, 0.25) is 0 Å². The van der Waals surface area contributed by atoms with E-state index in [1.54, 1.807) is 13.4 Å². The van der Waals surface area contributed by atoms with Gasteiger partial charge < -0.3 is 29.4 Å². The van der Waals surface area contributed by atoms with Gasteiger partial charge in [-0.15, -0.1) is 24.0 Å². The first-order chi connectivity index (χ1) is 14.4. The lowest BCUT2D eigenvalue weighted by molar-refractivity contribution is 0.0492. The van der Waals surface area contributed by atoms with Gasteiger partial charge in [0, 0.05) is 45.1 Å². The summed E-state index contributed by atoms with van der Waals surface area (Å²) >= 11 is 0. The Hall–Kier alpha value is -1.49. The normalized spacial score (nSPS) is 23.3. The quantitative estimate of drug-likeness (QED) is 0.236. The summed E-state index contributed by atoms with van der Waals surface area (Å²) in [5.74, 6) is 2.84. The van der Waals surface area contributed by atoms with E-state index in [4.69, 9.17) is 18.9 Å². The highest BCUT2D eigenvalue weighted by Crippen LogP contribution is 2.38. The molecule has 8 nitrogen and oxygen atoms in total. The summed E-state index contributed by atoms with van der Waals surface area (Å²) in [6.07, 6.45) is 4.30. The van der Waals surface area contributed by atoms with E-state index >= 15 is 0 Å². The zero-order valence-corrected chi connectivity index (χ0v) is 21.4. The summed E-state index contributed by atoms with van der Waals surface area (Å²) in [4.78, 5) is 19.3. The molecule has 3 unspecified atom stereocenters. The third kappa shape index (κ3) is 7.85. The number of alkyl carbamates (subject to hydrolysis) is 1. The van der Waals surface area contributed by atoms with E-state index in [2.05, 4.69) is 15.5 Å². The molecule has 0 aromatic carbocycles. The van der Waals surface area contributed by atoms with E-state index < -0.39 is 5.60 Å². The maximum absolute atomic E-state index is 12.2. The lowest BCUT2D eigenvalue weighted by atomic mass is 9.98. The standard InChI is InChI=1S/C22H36N4O4.HI/c1-22(2,3)30-21(27)25-19-8-7-16-14-26(15-18(16)19)20(24-11-13-28-4)23-10-9-17-6-5-12-29-17;/h5-6,12,16,18-19H,7-11,13-15H2,1-4H3,(H,23,24)(H,25,27);1H. The fraction of sp³-hybridized carbons (Fsp3) is 0.727. The van der Waals surface area contributed by atoms with E-state index in [-0.39, 0.29) is 36.1 Å². The minimum atomic E-state index is -0.483. The van der Waals surface area contributed by atoms with Gasteiger partial charge in [-0.2, -0.15) is 0 Å². The van der Waals surface area contributed by atoms with Crippen molar-refractivity contribution in [3.63, 3.8) is 0 Å². The summed E-state index contributed by atoms with van der Waals surface area (Å²) < 4.78 is 16.0. The number of fused-ring (bicyclic) bond motifs is 1. The molecule has 0 radical (unpaired) electrons. The summed E-state index contributed by atoms with van der Waals surface area (Å²) in [5, 5.41) is 6.58. The van der Waals surface area contributed by atoms with Crippen molar-refractivity contribution in [2.24, 2.45) is 16.8 Å². The Bertz CT molecular complexity index is 705. The summed E-state index contributed by atoms with van der Waals surface area (Å²) in [5.41, 5.74) is -0.483. The van der Waals surface area contributed by atoms with Crippen molar-refractivity contribution in [3.8, 4) is 0 Å². The zero-order chi connectivity index (χ0) is 21.6. The molecule has 0 spiro atoms. The van der Waals surface area contributed by atoms with Gasteiger partial charge in [0.05, 0.1) is 19.4 Å². The first-order valence-corrected chi connectivity index (χ1v) is 10.9. The van der Waals surface area contributed by atoms with Gasteiger partial charge in [0.25, 0.3) is 0 Å². The molecule has 1 aromatic heterocycles. The van der Waals surface area contributed by atoms with Gasteiger partial charge >= 0.3 is 6.09 Å². The Morgan fingerprint density at radius 3 is 2.81 bits per heavy atom. The Labute approximate surface area is 202 Å². The lowest BCUT2D eigenvalue weighted by Gasteiger charge is -2.26. The van der Waals surface area contributed by atoms with E-state index in [0.29, 0.717) is 25.0 Å². The van der Waals surface area contributed by atoms with Crippen molar-refractivity contribution in [2.45, 2.75) is 51.7 Å². The number of methoxy groups -OCH3 is 1. The molecule has 31 heavy (non-hydrogen) atoms. The number of rotatable bonds is 7. The summed E-state index contributed by atoms with van der Waals surface area (Å²) in [7, 11) is 1.69. The van der Waals surface area contributed by atoms with Crippen LogP contribution in [-0.4, -0.2) is 68.5 Å². The van der Waals surface area contributed by atoms with E-state index in [0.717, 1.165) is 50.6 Å². The average Bonchev–Trinajstić information content (AvgIpc) is 3.38. The number of hydrogen-bond acceptors (Lipinski definition) is 5. The third-order valence-electron chi connectivity index (χ3n) is 5.65. The highest BCUT2D eigenvalue weighted by Gasteiger charge is 2.44. The Balaban J connectivity index is 0.00000341. The maximum Gasteiger partial charge on any atom is 0.407 e. The highest BCUT2D eigenvalue weighted by atomic mass is 127. The summed E-state index contributed by atoms with van der Waals surface area (Å²) in [6.45, 7) is 9.46. The molecule has 176 valence electrons. The zero-order valence-electron chi connectivity index (χ0n) is 19.1. The van der Waals surface area contributed by atoms with Crippen LogP contribution < -0.4 is 10.6 Å². The molecule has 1 aliphatic carbocycles. The van der Waals surface area contributed by atoms with Crippen LogP contribution >= 0.6 is 24.0 Å². The number of halogens is 1. The molecule has 1 saturated carbocycles. The molecule has 2 fully saturated rings. The second kappa shape index (κ2) is 11.9. The molecular formula is C22H37IN4O4. The van der Waals surface area contributed by atoms with Crippen molar-refractivity contribution in [1.82, 2.24) is 15.5 Å². The number of nitrogens with zero attached hydrogens (tertiary/aromatic N) is 2. The van der Waals surface area contributed by atoms with Crippen LogP contribution in [0.1, 0.15) is 39.4 Å². The van der Waals surface area contributed by atoms with Crippen molar-refractivity contribution in [1.29, 1.82) is 0 Å². The Morgan fingerprint density at radius 1 is 1.32 bits per heavy atom. The largest absolute Gasteiger partial charge is 0.469 e. The van der Waals surface area contributed by atoms with Gasteiger partial charge in [-0.05, 0) is 51.7 Å². The lowest BCUT2D eigenvalue weighted by Crippen LogP contribution is -2.45. The van der Waals surface area contributed by atoms with Crippen molar-refractivity contribution >= 4 is 36.0 Å². The number of amides is 1. The maximum atomic E-state index is 12.2. The SMILES string of the molecule is COCCN=C(NCCc1ccco1)N1CC2CCC(NC(=O)OC(C)(C)C)C2C1.I. The predicted octanol–water partition coefficient (Wildman–Crippen LogP) is 3.27. The average molecular weight is 548 g/mol. The number of aliphatic imine (C=N–C) groups is 1. The topological polar surface area (TPSA) is 88.3 Å². The fourth-order valence-electron chi connectivity index (χ4n) is 4.34. The van der Waals surface area contributed by atoms with Gasteiger partial charge in [-0.25, -0.2) is 4.79 Å².